The van der Waals surface area contributed by atoms with E-state index in [9.17, 15) is 29.8 Å². The van der Waals surface area contributed by atoms with Crippen molar-refractivity contribution >= 4 is 23.4 Å². The summed E-state index contributed by atoms with van der Waals surface area (Å²) in [5, 5.41) is 24.5. The highest BCUT2D eigenvalue weighted by atomic mass is 16.6. The average Bonchev–Trinajstić information content (AvgIpc) is 3.07. The number of imidazole rings is 1. The Morgan fingerprint density at radius 1 is 1.27 bits per heavy atom. The van der Waals surface area contributed by atoms with E-state index in [0.717, 1.165) is 12.1 Å². The molecule has 160 valence electrons. The summed E-state index contributed by atoms with van der Waals surface area (Å²) in [6, 6.07) is 2.05. The maximum Gasteiger partial charge on any atom is 0.408 e. The van der Waals surface area contributed by atoms with Crippen LogP contribution in [0, 0.1) is 20.2 Å². The first kappa shape index (κ1) is 22.3. The summed E-state index contributed by atoms with van der Waals surface area (Å²) in [7, 11) is 0. The van der Waals surface area contributed by atoms with Gasteiger partial charge in [0, 0.05) is 18.7 Å². The number of benzene rings is 1. The molecular weight excluding hydrogens is 400 g/mol. The fraction of sp³-hybridized carbons (Fsp3) is 0.353. The molecule has 1 atom stereocenters. The molecular formula is C17H20N6O7. The molecule has 0 saturated heterocycles. The number of primary amides is 1. The van der Waals surface area contributed by atoms with Gasteiger partial charge < -0.3 is 15.8 Å². The highest BCUT2D eigenvalue weighted by molar-refractivity contribution is 5.84. The Morgan fingerprint density at radius 3 is 2.47 bits per heavy atom. The van der Waals surface area contributed by atoms with E-state index in [0.29, 0.717) is 5.69 Å². The van der Waals surface area contributed by atoms with E-state index in [4.69, 9.17) is 10.5 Å². The van der Waals surface area contributed by atoms with Crippen molar-refractivity contribution in [3.63, 3.8) is 0 Å². The predicted octanol–water partition coefficient (Wildman–Crippen LogP) is 1.61. The van der Waals surface area contributed by atoms with Crippen molar-refractivity contribution in [1.29, 1.82) is 0 Å². The molecule has 0 radical (unpaired) electrons. The van der Waals surface area contributed by atoms with E-state index < -0.39 is 44.9 Å². The fourth-order valence-electron chi connectivity index (χ4n) is 2.47. The second-order valence-corrected chi connectivity index (χ2v) is 7.26. The normalized spacial score (nSPS) is 12.1. The van der Waals surface area contributed by atoms with E-state index in [2.05, 4.69) is 10.3 Å². The maximum absolute atomic E-state index is 11.9. The molecule has 0 unspecified atom stereocenters. The zero-order valence-corrected chi connectivity index (χ0v) is 16.4. The summed E-state index contributed by atoms with van der Waals surface area (Å²) in [5.74, 6) is -0.822. The number of non-ortho nitro benzene ring substituents is 1. The number of nitrogens with one attached hydrogen (secondary N) is 1. The third-order valence-corrected chi connectivity index (χ3v) is 3.73. The zero-order chi connectivity index (χ0) is 22.6. The molecule has 30 heavy (non-hydrogen) atoms. The third kappa shape index (κ3) is 5.73. The SMILES string of the molecule is CC(C)(C)OC(=O)N[C@@H](Cc1cn(-c2ccc([N+](=O)[O-])cc2[N+](=O)[O-])cn1)C(N)=O. The first-order valence-electron chi connectivity index (χ1n) is 8.62. The number of nitro benzene ring substituents is 2. The number of alkyl carbamates (subject to hydrolysis) is 1. The Bertz CT molecular complexity index is 995. The molecule has 13 heteroatoms. The largest absolute Gasteiger partial charge is 0.444 e. The standard InChI is InChI=1S/C17H20N6O7/c1-17(2,3)30-16(25)20-12(15(18)24)6-10-8-21(9-19-10)13-5-4-11(22(26)27)7-14(13)23(28)29/h4-5,7-9,12H,6H2,1-3H3,(H2,18,24)(H,20,25)/t12-/m0/s1. The zero-order valence-electron chi connectivity index (χ0n) is 16.4. The molecule has 1 aromatic heterocycles. The first-order valence-corrected chi connectivity index (χ1v) is 8.62. The van der Waals surface area contributed by atoms with E-state index in [1.807, 2.05) is 0 Å². The Morgan fingerprint density at radius 2 is 1.93 bits per heavy atom. The van der Waals surface area contributed by atoms with Crippen molar-refractivity contribution in [2.75, 3.05) is 0 Å². The van der Waals surface area contributed by atoms with Crippen LogP contribution >= 0.6 is 0 Å². The molecule has 3 N–H and O–H groups in total. The number of aromatic nitrogens is 2. The summed E-state index contributed by atoms with van der Waals surface area (Å²) < 4.78 is 6.37. The summed E-state index contributed by atoms with van der Waals surface area (Å²) in [6.07, 6.45) is 1.70. The molecule has 0 bridgehead atoms. The van der Waals surface area contributed by atoms with Crippen molar-refractivity contribution in [3.8, 4) is 5.69 Å². The van der Waals surface area contributed by atoms with Crippen LogP contribution in [0.4, 0.5) is 16.2 Å². The number of hydrogen-bond donors (Lipinski definition) is 2. The van der Waals surface area contributed by atoms with Crippen molar-refractivity contribution in [1.82, 2.24) is 14.9 Å². The Balaban J connectivity index is 2.25. The summed E-state index contributed by atoms with van der Waals surface area (Å²) in [5.41, 5.74) is 3.96. The molecule has 0 spiro atoms. The van der Waals surface area contributed by atoms with Gasteiger partial charge in [-0.1, -0.05) is 0 Å². The van der Waals surface area contributed by atoms with Crippen molar-refractivity contribution < 1.29 is 24.2 Å². The Kier molecular flexibility index (Phi) is 6.34. The lowest BCUT2D eigenvalue weighted by atomic mass is 10.1. The number of carbonyl (C=O) groups excluding carboxylic acids is 2. The smallest absolute Gasteiger partial charge is 0.408 e. The monoisotopic (exact) mass is 420 g/mol. The minimum Gasteiger partial charge on any atom is -0.444 e. The molecule has 0 aliphatic rings. The van der Waals surface area contributed by atoms with Crippen LogP contribution in [0.5, 0.6) is 0 Å². The third-order valence-electron chi connectivity index (χ3n) is 3.73. The van der Waals surface area contributed by atoms with Gasteiger partial charge in [-0.15, -0.1) is 0 Å². The van der Waals surface area contributed by atoms with E-state index >= 15 is 0 Å². The average molecular weight is 420 g/mol. The van der Waals surface area contributed by atoms with Gasteiger partial charge in [-0.25, -0.2) is 9.78 Å². The van der Waals surface area contributed by atoms with E-state index in [1.54, 1.807) is 20.8 Å². The van der Waals surface area contributed by atoms with Crippen LogP contribution < -0.4 is 11.1 Å². The number of amides is 2. The molecule has 13 nitrogen and oxygen atoms in total. The van der Waals surface area contributed by atoms with Crippen LogP contribution in [0.2, 0.25) is 0 Å². The molecule has 1 aromatic carbocycles. The van der Waals surface area contributed by atoms with E-state index in [-0.39, 0.29) is 12.1 Å². The van der Waals surface area contributed by atoms with Gasteiger partial charge in [-0.2, -0.15) is 0 Å². The number of nitrogens with zero attached hydrogens (tertiary/aromatic N) is 4. The first-order chi connectivity index (χ1) is 13.9. The molecule has 0 aliphatic heterocycles. The lowest BCUT2D eigenvalue weighted by Crippen LogP contribution is -2.47. The topological polar surface area (TPSA) is 186 Å². The van der Waals surface area contributed by atoms with Crippen LogP contribution in [0.3, 0.4) is 0 Å². The second kappa shape index (κ2) is 8.55. The van der Waals surface area contributed by atoms with Gasteiger partial charge >= 0.3 is 6.09 Å². The fourth-order valence-corrected chi connectivity index (χ4v) is 2.47. The maximum atomic E-state index is 11.9. The lowest BCUT2D eigenvalue weighted by Gasteiger charge is -2.22. The Hall–Kier alpha value is -4.03. The summed E-state index contributed by atoms with van der Waals surface area (Å²) in [6.45, 7) is 4.97. The minimum atomic E-state index is -1.13. The molecule has 2 rings (SSSR count). The number of carbonyl (C=O) groups is 2. The molecule has 2 amide bonds. The lowest BCUT2D eigenvalue weighted by molar-refractivity contribution is -0.394. The number of rotatable bonds is 7. The van der Waals surface area contributed by atoms with Crippen LogP contribution in [0.15, 0.2) is 30.7 Å². The van der Waals surface area contributed by atoms with Crippen LogP contribution in [0.25, 0.3) is 5.69 Å². The van der Waals surface area contributed by atoms with Crippen molar-refractivity contribution in [3.05, 3.63) is 56.6 Å². The number of nitrogens with two attached hydrogens (primary N) is 1. The number of hydrogen-bond acceptors (Lipinski definition) is 8. The summed E-state index contributed by atoms with van der Waals surface area (Å²) in [4.78, 5) is 48.3. The highest BCUT2D eigenvalue weighted by Gasteiger charge is 2.25. The molecule has 1 heterocycles. The second-order valence-electron chi connectivity index (χ2n) is 7.26. The van der Waals surface area contributed by atoms with Gasteiger partial charge in [0.15, 0.2) is 0 Å². The van der Waals surface area contributed by atoms with Crippen LogP contribution in [-0.2, 0) is 16.0 Å². The van der Waals surface area contributed by atoms with Crippen molar-refractivity contribution in [2.24, 2.45) is 5.73 Å². The van der Waals surface area contributed by atoms with Gasteiger partial charge in [0.1, 0.15) is 17.3 Å². The summed E-state index contributed by atoms with van der Waals surface area (Å²) >= 11 is 0. The molecule has 0 saturated carbocycles. The molecule has 0 aliphatic carbocycles. The minimum absolute atomic E-state index is 0.0417. The van der Waals surface area contributed by atoms with Gasteiger partial charge in [0.25, 0.3) is 11.4 Å². The Labute approximate surface area is 170 Å². The quantitative estimate of drug-likeness (QED) is 0.499. The predicted molar refractivity (Wildman–Crippen MR) is 103 cm³/mol. The number of nitro groups is 2. The molecule has 2 aromatic rings. The molecule has 0 fully saturated rings. The number of ether oxygens (including phenoxy) is 1. The van der Waals surface area contributed by atoms with Gasteiger partial charge in [-0.05, 0) is 26.8 Å². The van der Waals surface area contributed by atoms with E-state index in [1.165, 1.54) is 23.2 Å². The highest BCUT2D eigenvalue weighted by Crippen LogP contribution is 2.28. The van der Waals surface area contributed by atoms with Gasteiger partial charge in [-0.3, -0.25) is 29.6 Å². The van der Waals surface area contributed by atoms with Crippen LogP contribution in [0.1, 0.15) is 26.5 Å². The van der Waals surface area contributed by atoms with Crippen molar-refractivity contribution in [2.45, 2.75) is 38.8 Å². The van der Waals surface area contributed by atoms with Gasteiger partial charge in [0.05, 0.1) is 27.9 Å². The van der Waals surface area contributed by atoms with Gasteiger partial charge in [0.2, 0.25) is 5.91 Å². The van der Waals surface area contributed by atoms with Crippen LogP contribution in [-0.4, -0.2) is 43.0 Å².